The molecule has 0 aliphatic rings. The summed E-state index contributed by atoms with van der Waals surface area (Å²) >= 11 is 0. The lowest BCUT2D eigenvalue weighted by molar-refractivity contribution is 0.334. The number of nitrogens with zero attached hydrogens (tertiary/aromatic N) is 1. The van der Waals surface area contributed by atoms with E-state index in [-0.39, 0.29) is 0 Å². The molecule has 0 radical (unpaired) electrons. The second-order valence-electron chi connectivity index (χ2n) is 3.35. The van der Waals surface area contributed by atoms with E-state index in [1.807, 2.05) is 31.2 Å². The molecule has 0 amide bonds. The van der Waals surface area contributed by atoms with Crippen molar-refractivity contribution in [3.63, 3.8) is 0 Å². The molecular weight excluding hydrogens is 194 g/mol. The van der Waals surface area contributed by atoms with Gasteiger partial charge in [-0.1, -0.05) is 24.3 Å². The maximum atomic E-state index is 10.6. The van der Waals surface area contributed by atoms with E-state index in [9.17, 15) is 4.79 Å². The number of aromatic nitrogens is 1. The number of rotatable bonds is 3. The number of aryl methyl sites for hydroxylation is 3. The minimum absolute atomic E-state index is 0.350. The molecule has 2 aromatic rings. The minimum atomic E-state index is -0.741. The Bertz CT molecular complexity index is 498. The highest BCUT2D eigenvalue weighted by atomic mass is 16.6. The molecule has 0 unspecified atom stereocenters. The van der Waals surface area contributed by atoms with Crippen molar-refractivity contribution in [2.75, 3.05) is 0 Å². The first kappa shape index (κ1) is 9.71. The van der Waals surface area contributed by atoms with Gasteiger partial charge >= 0.3 is 5.82 Å². The summed E-state index contributed by atoms with van der Waals surface area (Å²) in [5.74, 6) is -0.391. The summed E-state index contributed by atoms with van der Waals surface area (Å²) in [6.45, 7) is 2.05. The smallest absolute Gasteiger partial charge is 0.375 e. The summed E-state index contributed by atoms with van der Waals surface area (Å²) in [4.78, 5) is 10.6. The van der Waals surface area contributed by atoms with Gasteiger partial charge in [-0.15, -0.1) is 0 Å². The molecule has 1 heterocycles. The maximum absolute atomic E-state index is 10.6. The summed E-state index contributed by atoms with van der Waals surface area (Å²) in [5.41, 5.74) is 2.45. The van der Waals surface area contributed by atoms with Crippen LogP contribution in [0.15, 0.2) is 38.0 Å². The molecule has 15 heavy (non-hydrogen) atoms. The van der Waals surface area contributed by atoms with Crippen molar-refractivity contribution in [3.8, 4) is 0 Å². The Morgan fingerprint density at radius 2 is 2.07 bits per heavy atom. The summed E-state index contributed by atoms with van der Waals surface area (Å²) in [6.07, 6.45) is 1.37. The van der Waals surface area contributed by atoms with Crippen LogP contribution in [0.3, 0.4) is 0 Å². The Balaban J connectivity index is 2.05. The average molecular weight is 205 g/mol. The molecule has 2 rings (SSSR count). The van der Waals surface area contributed by atoms with E-state index in [0.29, 0.717) is 12.3 Å². The van der Waals surface area contributed by atoms with Gasteiger partial charge in [-0.2, -0.15) is 0 Å². The summed E-state index contributed by atoms with van der Waals surface area (Å²) in [6, 6.07) is 8.08. The molecule has 0 aliphatic heterocycles. The third-order valence-corrected chi connectivity index (χ3v) is 2.29. The fourth-order valence-electron chi connectivity index (χ4n) is 1.45. The van der Waals surface area contributed by atoms with Gasteiger partial charge in [-0.05, 0) is 29.6 Å². The minimum Gasteiger partial charge on any atom is -0.375 e. The number of hydrogen-bond donors (Lipinski definition) is 0. The summed E-state index contributed by atoms with van der Waals surface area (Å²) in [7, 11) is 0. The predicted molar refractivity (Wildman–Crippen MR) is 53.6 cm³/mol. The highest BCUT2D eigenvalue weighted by molar-refractivity contribution is 5.25. The van der Waals surface area contributed by atoms with E-state index >= 15 is 0 Å². The van der Waals surface area contributed by atoms with E-state index in [4.69, 9.17) is 4.42 Å². The third kappa shape index (κ3) is 2.34. The molecule has 0 atom stereocenters. The second-order valence-corrected chi connectivity index (χ2v) is 3.35. The molecule has 78 valence electrons. The predicted octanol–water partition coefficient (Wildman–Crippen LogP) is 1.72. The van der Waals surface area contributed by atoms with Gasteiger partial charge in [-0.25, -0.2) is 4.79 Å². The summed E-state index contributed by atoms with van der Waals surface area (Å²) in [5, 5.41) is 3.51. The van der Waals surface area contributed by atoms with Crippen LogP contribution >= 0.6 is 0 Å². The van der Waals surface area contributed by atoms with Gasteiger partial charge in [0.2, 0.25) is 5.89 Å². The van der Waals surface area contributed by atoms with Crippen molar-refractivity contribution in [1.29, 1.82) is 0 Å². The molecule has 4 heteroatoms. The van der Waals surface area contributed by atoms with Crippen LogP contribution in [0, 0.1) is 6.92 Å². The highest BCUT2D eigenvalue weighted by Gasteiger charge is 2.04. The molecule has 0 saturated heterocycles. The van der Waals surface area contributed by atoms with Crippen LogP contribution < -0.4 is 5.82 Å². The van der Waals surface area contributed by atoms with E-state index in [0.717, 1.165) is 6.42 Å². The Labute approximate surface area is 86.5 Å². The van der Waals surface area contributed by atoms with Gasteiger partial charge in [-0.3, -0.25) is 4.52 Å². The van der Waals surface area contributed by atoms with Gasteiger partial charge in [0.1, 0.15) is 0 Å². The number of benzene rings is 1. The Morgan fingerprint density at radius 1 is 1.27 bits per heavy atom. The summed E-state index contributed by atoms with van der Waals surface area (Å²) < 4.78 is 9.02. The second kappa shape index (κ2) is 4.13. The van der Waals surface area contributed by atoms with E-state index in [1.165, 1.54) is 11.1 Å². The van der Waals surface area contributed by atoms with Crippen LogP contribution in [0.1, 0.15) is 17.0 Å². The van der Waals surface area contributed by atoms with Crippen LogP contribution in [0.25, 0.3) is 0 Å². The zero-order chi connectivity index (χ0) is 10.7. The standard InChI is InChI=1S/C11H11NO3/c1-8-4-2-3-5-9(8)6-7-10-12-15-11(13)14-10/h2-5H,6-7H2,1H3. The lowest BCUT2D eigenvalue weighted by Gasteiger charge is -2.01. The van der Waals surface area contributed by atoms with Gasteiger partial charge in [0, 0.05) is 6.42 Å². The molecule has 1 aromatic carbocycles. The zero-order valence-corrected chi connectivity index (χ0v) is 8.40. The Hall–Kier alpha value is -1.84. The van der Waals surface area contributed by atoms with Crippen molar-refractivity contribution >= 4 is 0 Å². The molecule has 0 spiro atoms. The SMILES string of the molecule is Cc1ccccc1CCc1noc(=O)o1. The van der Waals surface area contributed by atoms with Crippen molar-refractivity contribution in [1.82, 2.24) is 5.16 Å². The molecule has 0 saturated carbocycles. The van der Waals surface area contributed by atoms with Crippen molar-refractivity contribution < 1.29 is 8.94 Å². The molecule has 0 aliphatic carbocycles. The largest absolute Gasteiger partial charge is 0.542 e. The quantitative estimate of drug-likeness (QED) is 0.765. The van der Waals surface area contributed by atoms with Gasteiger partial charge in [0.25, 0.3) is 0 Å². The Kier molecular flexibility index (Phi) is 2.67. The van der Waals surface area contributed by atoms with Crippen molar-refractivity contribution in [2.45, 2.75) is 19.8 Å². The molecular formula is C11H11NO3. The lowest BCUT2D eigenvalue weighted by Crippen LogP contribution is -1.94. The van der Waals surface area contributed by atoms with Crippen LogP contribution in [-0.4, -0.2) is 5.16 Å². The van der Waals surface area contributed by atoms with Crippen molar-refractivity contribution in [3.05, 3.63) is 51.9 Å². The first-order valence-corrected chi connectivity index (χ1v) is 4.76. The molecule has 0 N–H and O–H groups in total. The molecule has 4 nitrogen and oxygen atoms in total. The fraction of sp³-hybridized carbons (Fsp3) is 0.273. The average Bonchev–Trinajstić information content (AvgIpc) is 2.63. The first-order valence-electron chi connectivity index (χ1n) is 4.76. The van der Waals surface area contributed by atoms with Crippen LogP contribution in [0.5, 0.6) is 0 Å². The van der Waals surface area contributed by atoms with E-state index < -0.39 is 5.82 Å². The van der Waals surface area contributed by atoms with Crippen LogP contribution in [0.2, 0.25) is 0 Å². The zero-order valence-electron chi connectivity index (χ0n) is 8.40. The molecule has 1 aromatic heterocycles. The lowest BCUT2D eigenvalue weighted by atomic mass is 10.0. The third-order valence-electron chi connectivity index (χ3n) is 2.29. The van der Waals surface area contributed by atoms with E-state index in [2.05, 4.69) is 9.68 Å². The van der Waals surface area contributed by atoms with E-state index in [1.54, 1.807) is 0 Å². The van der Waals surface area contributed by atoms with Gasteiger partial charge in [0.05, 0.1) is 0 Å². The van der Waals surface area contributed by atoms with Crippen LogP contribution in [-0.2, 0) is 12.8 Å². The first-order chi connectivity index (χ1) is 7.25. The molecule has 0 bridgehead atoms. The highest BCUT2D eigenvalue weighted by Crippen LogP contribution is 2.09. The van der Waals surface area contributed by atoms with Gasteiger partial charge in [0.15, 0.2) is 0 Å². The normalized spacial score (nSPS) is 10.5. The topological polar surface area (TPSA) is 56.2 Å². The fourth-order valence-corrected chi connectivity index (χ4v) is 1.45. The monoisotopic (exact) mass is 205 g/mol. The Morgan fingerprint density at radius 3 is 2.73 bits per heavy atom. The molecule has 0 fully saturated rings. The van der Waals surface area contributed by atoms with Gasteiger partial charge < -0.3 is 4.42 Å². The van der Waals surface area contributed by atoms with Crippen molar-refractivity contribution in [2.24, 2.45) is 0 Å². The maximum Gasteiger partial charge on any atom is 0.542 e. The number of hydrogen-bond acceptors (Lipinski definition) is 4. The van der Waals surface area contributed by atoms with Crippen LogP contribution in [0.4, 0.5) is 0 Å².